The van der Waals surface area contributed by atoms with E-state index in [1.807, 2.05) is 24.4 Å². The Bertz CT molecular complexity index is 684. The fourth-order valence-corrected chi connectivity index (χ4v) is 2.99. The summed E-state index contributed by atoms with van der Waals surface area (Å²) in [4.78, 5) is 6.24. The molecule has 0 N–H and O–H groups in total. The zero-order valence-electron chi connectivity index (χ0n) is 8.34. The number of rotatable bonds is 1. The second kappa shape index (κ2) is 3.40. The molecule has 0 atom stereocenters. The van der Waals surface area contributed by atoms with Crippen molar-refractivity contribution in [2.75, 3.05) is 0 Å². The van der Waals surface area contributed by atoms with Crippen LogP contribution in [0.3, 0.4) is 0 Å². The van der Waals surface area contributed by atoms with Crippen LogP contribution < -0.4 is 0 Å². The summed E-state index contributed by atoms with van der Waals surface area (Å²) in [5, 5.41) is 16.3. The molecule has 3 aromatic heterocycles. The first-order chi connectivity index (χ1) is 7.79. The molecule has 0 fully saturated rings. The van der Waals surface area contributed by atoms with Crippen molar-refractivity contribution in [3.63, 3.8) is 0 Å². The molecule has 0 radical (unpaired) electrons. The lowest BCUT2D eigenvalue weighted by molar-refractivity contribution is 0.931. The van der Waals surface area contributed by atoms with E-state index in [2.05, 4.69) is 16.2 Å². The SMILES string of the molecule is Cc1nn2c(C#N)c(-c3cccs3)nc2s1. The van der Waals surface area contributed by atoms with Crippen LogP contribution in [0.5, 0.6) is 0 Å². The van der Waals surface area contributed by atoms with Gasteiger partial charge >= 0.3 is 0 Å². The summed E-state index contributed by atoms with van der Waals surface area (Å²) in [6, 6.07) is 6.09. The standard InChI is InChI=1S/C10H6N4S2/c1-6-13-14-7(5-11)9(12-10(14)16-6)8-3-2-4-15-8/h2-4H,1H3. The second-order valence-corrected chi connectivity index (χ2v) is 5.32. The summed E-state index contributed by atoms with van der Waals surface area (Å²) in [5.74, 6) is 0. The van der Waals surface area contributed by atoms with Crippen LogP contribution in [0.4, 0.5) is 0 Å². The Morgan fingerprint density at radius 3 is 3.06 bits per heavy atom. The van der Waals surface area contributed by atoms with Crippen molar-refractivity contribution >= 4 is 27.6 Å². The van der Waals surface area contributed by atoms with Crippen LogP contribution in [0, 0.1) is 18.3 Å². The molecule has 3 heterocycles. The molecule has 0 saturated carbocycles. The Kier molecular flexibility index (Phi) is 2.02. The van der Waals surface area contributed by atoms with Gasteiger partial charge in [-0.1, -0.05) is 17.4 Å². The third kappa shape index (κ3) is 1.26. The number of thiophene rings is 1. The predicted octanol–water partition coefficient (Wildman–Crippen LogP) is 2.70. The van der Waals surface area contributed by atoms with Gasteiger partial charge in [-0.25, -0.2) is 4.98 Å². The maximum absolute atomic E-state index is 9.17. The van der Waals surface area contributed by atoms with Crippen LogP contribution in [0.2, 0.25) is 0 Å². The van der Waals surface area contributed by atoms with E-state index in [1.54, 1.807) is 15.9 Å². The monoisotopic (exact) mass is 246 g/mol. The van der Waals surface area contributed by atoms with Gasteiger partial charge in [0.05, 0.1) is 4.88 Å². The highest BCUT2D eigenvalue weighted by Crippen LogP contribution is 2.29. The number of nitrogens with zero attached hydrogens (tertiary/aromatic N) is 4. The summed E-state index contributed by atoms with van der Waals surface area (Å²) in [7, 11) is 0. The lowest BCUT2D eigenvalue weighted by atomic mass is 10.3. The number of aryl methyl sites for hydroxylation is 1. The Hall–Kier alpha value is -1.71. The average Bonchev–Trinajstić information content (AvgIpc) is 2.90. The second-order valence-electron chi connectivity index (χ2n) is 3.21. The summed E-state index contributed by atoms with van der Waals surface area (Å²) in [6.07, 6.45) is 0. The van der Waals surface area contributed by atoms with E-state index in [0.29, 0.717) is 5.69 Å². The van der Waals surface area contributed by atoms with E-state index in [4.69, 9.17) is 0 Å². The molecule has 4 nitrogen and oxygen atoms in total. The lowest BCUT2D eigenvalue weighted by Crippen LogP contribution is -1.89. The highest BCUT2D eigenvalue weighted by atomic mass is 32.1. The van der Waals surface area contributed by atoms with Crippen molar-refractivity contribution in [2.45, 2.75) is 6.92 Å². The summed E-state index contributed by atoms with van der Waals surface area (Å²) in [6.45, 7) is 1.91. The van der Waals surface area contributed by atoms with E-state index in [9.17, 15) is 5.26 Å². The Balaban J connectivity index is 2.34. The Morgan fingerprint density at radius 2 is 2.38 bits per heavy atom. The first-order valence-corrected chi connectivity index (χ1v) is 6.29. The minimum absolute atomic E-state index is 0.516. The Morgan fingerprint density at radius 1 is 1.50 bits per heavy atom. The number of hydrogen-bond acceptors (Lipinski definition) is 5. The molecule has 0 aliphatic carbocycles. The number of hydrogen-bond donors (Lipinski definition) is 0. The van der Waals surface area contributed by atoms with E-state index in [-0.39, 0.29) is 0 Å². The molecule has 0 aliphatic rings. The van der Waals surface area contributed by atoms with Gasteiger partial charge in [-0.15, -0.1) is 11.3 Å². The lowest BCUT2D eigenvalue weighted by Gasteiger charge is -1.90. The molecule has 78 valence electrons. The molecule has 3 aromatic rings. The van der Waals surface area contributed by atoms with Crippen LogP contribution in [0.15, 0.2) is 17.5 Å². The van der Waals surface area contributed by atoms with E-state index in [1.165, 1.54) is 11.3 Å². The van der Waals surface area contributed by atoms with Gasteiger partial charge in [0.25, 0.3) is 0 Å². The van der Waals surface area contributed by atoms with Crippen molar-refractivity contribution < 1.29 is 0 Å². The molecule has 0 unspecified atom stereocenters. The van der Waals surface area contributed by atoms with Gasteiger partial charge in [-0.3, -0.25) is 0 Å². The van der Waals surface area contributed by atoms with Crippen LogP contribution in [-0.4, -0.2) is 14.6 Å². The van der Waals surface area contributed by atoms with E-state index in [0.717, 1.165) is 20.5 Å². The molecule has 3 rings (SSSR count). The predicted molar refractivity (Wildman–Crippen MR) is 63.6 cm³/mol. The van der Waals surface area contributed by atoms with Crippen LogP contribution in [-0.2, 0) is 0 Å². The number of fused-ring (bicyclic) bond motifs is 1. The van der Waals surface area contributed by atoms with E-state index >= 15 is 0 Å². The molecule has 0 aliphatic heterocycles. The zero-order valence-corrected chi connectivity index (χ0v) is 9.97. The fourth-order valence-electron chi connectivity index (χ4n) is 1.53. The third-order valence-corrected chi connectivity index (χ3v) is 3.87. The summed E-state index contributed by atoms with van der Waals surface area (Å²) in [5.41, 5.74) is 1.25. The first kappa shape index (κ1) is 9.51. The Labute approximate surface area is 99.4 Å². The molecule has 6 heteroatoms. The zero-order chi connectivity index (χ0) is 11.1. The van der Waals surface area contributed by atoms with Crippen molar-refractivity contribution in [1.82, 2.24) is 14.6 Å². The molecular formula is C10H6N4S2. The highest BCUT2D eigenvalue weighted by molar-refractivity contribution is 7.16. The maximum Gasteiger partial charge on any atom is 0.214 e. The number of nitriles is 1. The number of imidazole rings is 1. The van der Waals surface area contributed by atoms with Crippen LogP contribution >= 0.6 is 22.7 Å². The third-order valence-electron chi connectivity index (χ3n) is 2.17. The summed E-state index contributed by atoms with van der Waals surface area (Å²) < 4.78 is 1.62. The van der Waals surface area contributed by atoms with Gasteiger partial charge in [-0.2, -0.15) is 14.9 Å². The van der Waals surface area contributed by atoms with Crippen LogP contribution in [0.1, 0.15) is 10.7 Å². The van der Waals surface area contributed by atoms with Crippen molar-refractivity contribution in [2.24, 2.45) is 0 Å². The van der Waals surface area contributed by atoms with Gasteiger partial charge in [0.1, 0.15) is 16.8 Å². The molecule has 16 heavy (non-hydrogen) atoms. The highest BCUT2D eigenvalue weighted by Gasteiger charge is 2.17. The molecular weight excluding hydrogens is 240 g/mol. The summed E-state index contributed by atoms with van der Waals surface area (Å²) >= 11 is 3.07. The minimum Gasteiger partial charge on any atom is -0.215 e. The molecule has 0 spiro atoms. The van der Waals surface area contributed by atoms with Gasteiger partial charge in [0.2, 0.25) is 4.96 Å². The van der Waals surface area contributed by atoms with Crippen molar-refractivity contribution in [3.8, 4) is 16.6 Å². The topological polar surface area (TPSA) is 54.0 Å². The average molecular weight is 246 g/mol. The smallest absolute Gasteiger partial charge is 0.214 e. The fraction of sp³-hybridized carbons (Fsp3) is 0.100. The molecule has 0 saturated heterocycles. The first-order valence-electron chi connectivity index (χ1n) is 4.60. The van der Waals surface area contributed by atoms with Crippen molar-refractivity contribution in [3.05, 3.63) is 28.2 Å². The van der Waals surface area contributed by atoms with Gasteiger partial charge in [0, 0.05) is 0 Å². The number of aromatic nitrogens is 3. The van der Waals surface area contributed by atoms with Gasteiger partial charge in [-0.05, 0) is 18.4 Å². The van der Waals surface area contributed by atoms with Crippen LogP contribution in [0.25, 0.3) is 15.5 Å². The largest absolute Gasteiger partial charge is 0.215 e. The maximum atomic E-state index is 9.17. The molecule has 0 amide bonds. The van der Waals surface area contributed by atoms with Crippen molar-refractivity contribution in [1.29, 1.82) is 5.26 Å². The quantitative estimate of drug-likeness (QED) is 0.663. The van der Waals surface area contributed by atoms with Gasteiger partial charge in [0.15, 0.2) is 5.69 Å². The molecule has 0 bridgehead atoms. The minimum atomic E-state index is 0.516. The van der Waals surface area contributed by atoms with Gasteiger partial charge < -0.3 is 0 Å². The normalized spacial score (nSPS) is 10.8. The van der Waals surface area contributed by atoms with E-state index < -0.39 is 0 Å². The molecule has 0 aromatic carbocycles.